The molecular formula is C16H18ClNO5. The molecule has 124 valence electrons. The summed E-state index contributed by atoms with van der Waals surface area (Å²) in [6.45, 7) is 1.77. The van der Waals surface area contributed by atoms with Crippen LogP contribution >= 0.6 is 11.6 Å². The summed E-state index contributed by atoms with van der Waals surface area (Å²) >= 11 is 6.17. The van der Waals surface area contributed by atoms with Crippen LogP contribution < -0.4 is 9.47 Å². The zero-order valence-electron chi connectivity index (χ0n) is 12.6. The van der Waals surface area contributed by atoms with Gasteiger partial charge in [0.2, 0.25) is 5.91 Å². The van der Waals surface area contributed by atoms with E-state index in [2.05, 4.69) is 0 Å². The number of fused-ring (bicyclic) bond motifs is 1. The Morgan fingerprint density at radius 3 is 2.87 bits per heavy atom. The zero-order valence-corrected chi connectivity index (χ0v) is 13.3. The number of likely N-dealkylation sites (tertiary alicyclic amines) is 1. The summed E-state index contributed by atoms with van der Waals surface area (Å²) in [6, 6.07) is 3.46. The van der Waals surface area contributed by atoms with Gasteiger partial charge in [0.15, 0.2) is 11.5 Å². The van der Waals surface area contributed by atoms with Gasteiger partial charge in [-0.25, -0.2) is 0 Å². The fourth-order valence-electron chi connectivity index (χ4n) is 2.96. The summed E-state index contributed by atoms with van der Waals surface area (Å²) in [5, 5.41) is 9.53. The van der Waals surface area contributed by atoms with E-state index in [4.69, 9.17) is 26.2 Å². The highest BCUT2D eigenvalue weighted by Crippen LogP contribution is 2.38. The predicted octanol–water partition coefficient (Wildman–Crippen LogP) is 1.98. The summed E-state index contributed by atoms with van der Waals surface area (Å²) in [5.74, 6) is -0.350. The molecule has 0 unspecified atom stereocenters. The van der Waals surface area contributed by atoms with Crippen molar-refractivity contribution in [2.24, 2.45) is 5.92 Å². The third-order valence-corrected chi connectivity index (χ3v) is 4.42. The molecule has 3 rings (SSSR count). The Balaban J connectivity index is 1.70. The molecule has 1 fully saturated rings. The van der Waals surface area contributed by atoms with E-state index in [-0.39, 0.29) is 18.9 Å². The van der Waals surface area contributed by atoms with E-state index in [9.17, 15) is 9.59 Å². The van der Waals surface area contributed by atoms with Gasteiger partial charge in [-0.15, -0.1) is 0 Å². The lowest BCUT2D eigenvalue weighted by molar-refractivity contribution is -0.145. The predicted molar refractivity (Wildman–Crippen MR) is 83.1 cm³/mol. The molecule has 2 aliphatic heterocycles. The van der Waals surface area contributed by atoms with Gasteiger partial charge in [0.25, 0.3) is 0 Å². The van der Waals surface area contributed by atoms with Crippen molar-refractivity contribution in [1.82, 2.24) is 4.90 Å². The molecule has 7 heteroatoms. The largest absolute Gasteiger partial charge is 0.486 e. The highest BCUT2D eigenvalue weighted by molar-refractivity contribution is 6.32. The lowest BCUT2D eigenvalue weighted by Gasteiger charge is -2.31. The number of hydrogen-bond donors (Lipinski definition) is 1. The second-order valence-electron chi connectivity index (χ2n) is 5.80. The number of ether oxygens (including phenoxy) is 2. The minimum Gasteiger partial charge on any atom is -0.486 e. The molecule has 0 radical (unpaired) electrons. The van der Waals surface area contributed by atoms with Crippen LogP contribution in [0.4, 0.5) is 0 Å². The monoisotopic (exact) mass is 339 g/mol. The van der Waals surface area contributed by atoms with Crippen molar-refractivity contribution >= 4 is 23.5 Å². The number of piperidine rings is 1. The number of halogens is 1. The van der Waals surface area contributed by atoms with Gasteiger partial charge in [-0.05, 0) is 30.5 Å². The van der Waals surface area contributed by atoms with Gasteiger partial charge in [0.1, 0.15) is 13.2 Å². The molecule has 0 aliphatic carbocycles. The molecule has 6 nitrogen and oxygen atoms in total. The van der Waals surface area contributed by atoms with Gasteiger partial charge in [-0.1, -0.05) is 11.6 Å². The van der Waals surface area contributed by atoms with Crippen molar-refractivity contribution in [2.45, 2.75) is 19.3 Å². The number of hydrogen-bond acceptors (Lipinski definition) is 4. The van der Waals surface area contributed by atoms with E-state index in [1.165, 1.54) is 0 Å². The maximum Gasteiger partial charge on any atom is 0.308 e. The molecule has 0 saturated carbocycles. The standard InChI is InChI=1S/C16H18ClNO5/c17-12-6-10(7-13-15(12)23-5-4-22-13)8-14(19)18-3-1-2-11(9-18)16(20)21/h6-7,11H,1-5,8-9H2,(H,20,21)/t11-/m0/s1. The molecule has 1 aromatic rings. The number of rotatable bonds is 3. The SMILES string of the molecule is O=C(O)[C@H]1CCCN(C(=O)Cc2cc(Cl)c3c(c2)OCCO3)C1. The third-order valence-electron chi connectivity index (χ3n) is 4.14. The summed E-state index contributed by atoms with van der Waals surface area (Å²) < 4.78 is 11.0. The smallest absolute Gasteiger partial charge is 0.308 e. The maximum atomic E-state index is 12.4. The molecule has 1 atom stereocenters. The van der Waals surface area contributed by atoms with Crippen LogP contribution in [0, 0.1) is 5.92 Å². The van der Waals surface area contributed by atoms with Crippen LogP contribution in [0.3, 0.4) is 0 Å². The van der Waals surface area contributed by atoms with Crippen LogP contribution in [0.2, 0.25) is 5.02 Å². The van der Waals surface area contributed by atoms with Crippen LogP contribution in [0.15, 0.2) is 12.1 Å². The minimum absolute atomic E-state index is 0.0938. The second-order valence-corrected chi connectivity index (χ2v) is 6.20. The fraction of sp³-hybridized carbons (Fsp3) is 0.500. The Bertz CT molecular complexity index is 633. The van der Waals surface area contributed by atoms with Gasteiger partial charge in [0.05, 0.1) is 17.4 Å². The Labute approximate surface area is 138 Å². The van der Waals surface area contributed by atoms with Crippen LogP contribution in [0.25, 0.3) is 0 Å². The van der Waals surface area contributed by atoms with Crippen molar-refractivity contribution < 1.29 is 24.2 Å². The maximum absolute atomic E-state index is 12.4. The minimum atomic E-state index is -0.843. The number of carboxylic acid groups (broad SMARTS) is 1. The fourth-order valence-corrected chi connectivity index (χ4v) is 3.25. The van der Waals surface area contributed by atoms with Crippen molar-refractivity contribution in [3.8, 4) is 11.5 Å². The quantitative estimate of drug-likeness (QED) is 0.911. The number of carbonyl (C=O) groups is 2. The highest BCUT2D eigenvalue weighted by atomic mass is 35.5. The van der Waals surface area contributed by atoms with Crippen molar-refractivity contribution in [1.29, 1.82) is 0 Å². The first-order chi connectivity index (χ1) is 11.0. The Morgan fingerprint density at radius 1 is 1.30 bits per heavy atom. The molecular weight excluding hydrogens is 322 g/mol. The Hall–Kier alpha value is -1.95. The first-order valence-electron chi connectivity index (χ1n) is 7.63. The highest BCUT2D eigenvalue weighted by Gasteiger charge is 2.28. The average Bonchev–Trinajstić information content (AvgIpc) is 2.55. The number of aliphatic carboxylic acids is 1. The lowest BCUT2D eigenvalue weighted by atomic mass is 9.97. The van der Waals surface area contributed by atoms with E-state index in [0.29, 0.717) is 49.1 Å². The van der Waals surface area contributed by atoms with Crippen molar-refractivity contribution in [2.75, 3.05) is 26.3 Å². The Morgan fingerprint density at radius 2 is 2.09 bits per heavy atom. The average molecular weight is 340 g/mol. The molecule has 1 aromatic carbocycles. The van der Waals surface area contributed by atoms with Gasteiger partial charge in [0, 0.05) is 13.1 Å². The molecule has 0 spiro atoms. The molecule has 1 saturated heterocycles. The first kappa shape index (κ1) is 15.9. The van der Waals surface area contributed by atoms with Gasteiger partial charge in [-0.3, -0.25) is 9.59 Å². The molecule has 23 heavy (non-hydrogen) atoms. The molecule has 1 N–H and O–H groups in total. The summed E-state index contributed by atoms with van der Waals surface area (Å²) in [5.41, 5.74) is 0.738. The topological polar surface area (TPSA) is 76.1 Å². The van der Waals surface area contributed by atoms with Gasteiger partial charge >= 0.3 is 5.97 Å². The van der Waals surface area contributed by atoms with Crippen LogP contribution in [-0.2, 0) is 16.0 Å². The number of carboxylic acids is 1. The van der Waals surface area contributed by atoms with Crippen LogP contribution in [-0.4, -0.2) is 48.2 Å². The zero-order chi connectivity index (χ0) is 16.4. The van der Waals surface area contributed by atoms with E-state index in [1.54, 1.807) is 17.0 Å². The number of amides is 1. The van der Waals surface area contributed by atoms with E-state index < -0.39 is 11.9 Å². The second kappa shape index (κ2) is 6.66. The number of nitrogens with zero attached hydrogens (tertiary/aromatic N) is 1. The number of carbonyl (C=O) groups excluding carboxylic acids is 1. The van der Waals surface area contributed by atoms with Crippen molar-refractivity contribution in [3.63, 3.8) is 0 Å². The summed E-state index contributed by atoms with van der Waals surface area (Å²) in [4.78, 5) is 25.2. The normalized spacial score (nSPS) is 20.2. The van der Waals surface area contributed by atoms with Gasteiger partial charge < -0.3 is 19.5 Å². The van der Waals surface area contributed by atoms with Crippen LogP contribution in [0.5, 0.6) is 11.5 Å². The van der Waals surface area contributed by atoms with Crippen molar-refractivity contribution in [3.05, 3.63) is 22.7 Å². The molecule has 1 amide bonds. The first-order valence-corrected chi connectivity index (χ1v) is 8.01. The molecule has 2 aliphatic rings. The van der Waals surface area contributed by atoms with E-state index in [0.717, 1.165) is 5.56 Å². The summed E-state index contributed by atoms with van der Waals surface area (Å²) in [7, 11) is 0. The summed E-state index contributed by atoms with van der Waals surface area (Å²) in [6.07, 6.45) is 1.50. The van der Waals surface area contributed by atoms with E-state index in [1.807, 2.05) is 0 Å². The Kier molecular flexibility index (Phi) is 4.61. The molecule has 0 bridgehead atoms. The van der Waals surface area contributed by atoms with Gasteiger partial charge in [-0.2, -0.15) is 0 Å². The van der Waals surface area contributed by atoms with E-state index >= 15 is 0 Å². The van der Waals surface area contributed by atoms with Crippen LogP contribution in [0.1, 0.15) is 18.4 Å². The third kappa shape index (κ3) is 3.52. The molecule has 2 heterocycles. The lowest BCUT2D eigenvalue weighted by Crippen LogP contribution is -2.43. The number of benzene rings is 1. The molecule has 0 aromatic heterocycles.